The van der Waals surface area contributed by atoms with Gasteiger partial charge in [0.1, 0.15) is 0 Å². The van der Waals surface area contributed by atoms with E-state index in [0.29, 0.717) is 31.3 Å². The molecule has 2 aromatic carbocycles. The first kappa shape index (κ1) is 22.3. The Morgan fingerprint density at radius 2 is 1.70 bits per heavy atom. The summed E-state index contributed by atoms with van der Waals surface area (Å²) in [5, 5.41) is 0. The van der Waals surface area contributed by atoms with Crippen LogP contribution in [0, 0.1) is 11.8 Å². The predicted molar refractivity (Wildman–Crippen MR) is 122 cm³/mol. The van der Waals surface area contributed by atoms with Crippen LogP contribution in [-0.4, -0.2) is 29.4 Å². The lowest BCUT2D eigenvalue weighted by Crippen LogP contribution is -2.04. The van der Waals surface area contributed by atoms with Gasteiger partial charge in [0.25, 0.3) is 0 Å². The minimum Gasteiger partial charge on any atom is -0.465 e. The molecule has 0 bridgehead atoms. The second-order valence-electron chi connectivity index (χ2n) is 7.10. The monoisotopic (exact) mass is 530 g/mol. The van der Waals surface area contributed by atoms with Gasteiger partial charge in [-0.2, -0.15) is 4.79 Å². The van der Waals surface area contributed by atoms with Gasteiger partial charge in [-0.25, -0.2) is 0 Å². The van der Waals surface area contributed by atoms with Crippen LogP contribution >= 0.6 is 31.9 Å². The van der Waals surface area contributed by atoms with Gasteiger partial charge in [-0.3, -0.25) is 9.59 Å². The maximum Gasteiger partial charge on any atom is 0.323 e. The van der Waals surface area contributed by atoms with Crippen molar-refractivity contribution in [1.82, 2.24) is 0 Å². The van der Waals surface area contributed by atoms with Gasteiger partial charge in [0, 0.05) is 27.2 Å². The van der Waals surface area contributed by atoms with Crippen LogP contribution in [0.5, 0.6) is 0 Å². The number of carbonyl (C=O) groups is 2. The fraction of sp³-hybridized carbons (Fsp3) is 0.261. The topological polar surface area (TPSA) is 79.8 Å². The van der Waals surface area contributed by atoms with Crippen molar-refractivity contribution >= 4 is 55.9 Å². The molecule has 1 saturated carbocycles. The number of allylic oxidation sites excluding steroid dienone is 1. The number of carbonyl (C=O) groups excluding carboxylic acids is 2. The van der Waals surface area contributed by atoms with Gasteiger partial charge >= 0.3 is 12.2 Å². The molecule has 0 amide bonds. The number of halogens is 2. The molecule has 7 heteroatoms. The lowest BCUT2D eigenvalue weighted by molar-refractivity contribution is -0.141. The number of nitrogens with zero attached hydrogens (tertiary/aromatic N) is 2. The molecule has 2 fully saturated rings. The molecule has 3 unspecified atom stereocenters. The molecule has 0 N–H and O–H groups in total. The third kappa shape index (κ3) is 6.08. The van der Waals surface area contributed by atoms with Crippen LogP contribution in [0.1, 0.15) is 29.9 Å². The molecule has 1 aliphatic heterocycles. The molecule has 5 nitrogen and oxygen atoms in total. The molecule has 154 valence electrons. The maximum atomic E-state index is 11.2. The van der Waals surface area contributed by atoms with Gasteiger partial charge < -0.3 is 10.3 Å². The Kier molecular flexibility index (Phi) is 7.91. The minimum atomic E-state index is -0.178. The maximum absolute atomic E-state index is 11.2. The van der Waals surface area contributed by atoms with Crippen molar-refractivity contribution < 1.29 is 19.1 Å². The highest BCUT2D eigenvalue weighted by Gasteiger charge is 2.60. The Hall–Kier alpha value is -2.34. The number of hydrogen-bond acceptors (Lipinski definition) is 3. The quantitative estimate of drug-likeness (QED) is 0.215. The van der Waals surface area contributed by atoms with E-state index >= 15 is 0 Å². The number of benzene rings is 2. The first-order chi connectivity index (χ1) is 14.5. The fourth-order valence-electron chi connectivity index (χ4n) is 3.46. The van der Waals surface area contributed by atoms with E-state index in [0.717, 1.165) is 20.7 Å². The van der Waals surface area contributed by atoms with E-state index in [-0.39, 0.29) is 17.7 Å². The number of cyclic esters (lactones) is 1. The summed E-state index contributed by atoms with van der Waals surface area (Å²) < 4.78 is 7.06. The summed E-state index contributed by atoms with van der Waals surface area (Å²) in [6, 6.07) is 16.1. The summed E-state index contributed by atoms with van der Waals surface area (Å²) in [6.45, 7) is 0.615. The molecule has 2 aromatic rings. The van der Waals surface area contributed by atoms with Gasteiger partial charge in [0.2, 0.25) is 5.78 Å². The van der Waals surface area contributed by atoms with Gasteiger partial charge in [-0.15, -0.1) is 0 Å². The minimum absolute atomic E-state index is 0.0112. The van der Waals surface area contributed by atoms with Crippen LogP contribution in [0.15, 0.2) is 63.6 Å². The zero-order valence-electron chi connectivity index (χ0n) is 16.1. The summed E-state index contributed by atoms with van der Waals surface area (Å²) >= 11 is 6.75. The molecule has 3 atom stereocenters. The average Bonchev–Trinajstić information content (AvgIpc) is 3.34. The standard InChI is InChI=1S/C12H11BrN2O.C11H9BrO2/c13-11-7-5-10(6-8-11)3-1-2-4-12(16)9-15-14;12-7-3-1-6(2-4-7)9-8-5-14-11(13)10(8)9/h1,3,5-9H,2,4H2;1-4,8-10H,5H2/b3-1+;. The van der Waals surface area contributed by atoms with Crippen LogP contribution in [0.4, 0.5) is 0 Å². The van der Waals surface area contributed by atoms with Crippen LogP contribution in [0.2, 0.25) is 0 Å². The third-order valence-electron chi connectivity index (χ3n) is 5.05. The molecule has 0 radical (unpaired) electrons. The molecule has 0 aromatic heterocycles. The molecule has 0 spiro atoms. The van der Waals surface area contributed by atoms with Crippen LogP contribution < -0.4 is 0 Å². The summed E-state index contributed by atoms with van der Waals surface area (Å²) in [5.74, 6) is 0.829. The molecule has 2 aliphatic rings. The van der Waals surface area contributed by atoms with Crippen molar-refractivity contribution in [3.8, 4) is 0 Å². The second-order valence-corrected chi connectivity index (χ2v) is 8.93. The Balaban J connectivity index is 0.000000171. The van der Waals surface area contributed by atoms with Gasteiger partial charge in [-0.05, 0) is 41.8 Å². The van der Waals surface area contributed by atoms with E-state index in [2.05, 4.69) is 48.8 Å². The largest absolute Gasteiger partial charge is 0.465 e. The Bertz CT molecular complexity index is 981. The summed E-state index contributed by atoms with van der Waals surface area (Å²) in [7, 11) is 0. The number of Topliss-reactive ketones (excluding diaryl/α,β-unsaturated/α-hetero) is 1. The molecular formula is C23H20Br2N2O3. The van der Waals surface area contributed by atoms with Gasteiger partial charge in [0.15, 0.2) is 0 Å². The highest BCUT2D eigenvalue weighted by atomic mass is 79.9. The van der Waals surface area contributed by atoms with Crippen LogP contribution in [-0.2, 0) is 14.3 Å². The molecule has 4 rings (SSSR count). The summed E-state index contributed by atoms with van der Waals surface area (Å²) in [5.41, 5.74) is 10.5. The zero-order chi connectivity index (χ0) is 21.5. The number of ether oxygens (including phenoxy) is 1. The van der Waals surface area contributed by atoms with E-state index in [1.165, 1.54) is 5.56 Å². The van der Waals surface area contributed by atoms with Crippen molar-refractivity contribution in [2.75, 3.05) is 6.61 Å². The third-order valence-corrected chi connectivity index (χ3v) is 6.11. The van der Waals surface area contributed by atoms with Crippen molar-refractivity contribution in [2.45, 2.75) is 18.8 Å². The second kappa shape index (κ2) is 10.6. The summed E-state index contributed by atoms with van der Waals surface area (Å²) in [6.07, 6.45) is 5.80. The van der Waals surface area contributed by atoms with E-state index < -0.39 is 0 Å². The highest BCUT2D eigenvalue weighted by molar-refractivity contribution is 9.10. The van der Waals surface area contributed by atoms with Gasteiger partial charge in [0.05, 0.1) is 12.5 Å². The van der Waals surface area contributed by atoms with Gasteiger partial charge in [-0.1, -0.05) is 68.3 Å². The van der Waals surface area contributed by atoms with Crippen molar-refractivity contribution in [3.63, 3.8) is 0 Å². The fourth-order valence-corrected chi connectivity index (χ4v) is 3.99. The Labute approximate surface area is 192 Å². The Morgan fingerprint density at radius 1 is 1.07 bits per heavy atom. The molecule has 1 saturated heterocycles. The molecular weight excluding hydrogens is 512 g/mol. The predicted octanol–water partition coefficient (Wildman–Crippen LogP) is 5.45. The molecule has 1 heterocycles. The lowest BCUT2D eigenvalue weighted by Gasteiger charge is -2.03. The number of hydrogen-bond donors (Lipinski definition) is 0. The normalized spacial score (nSPS) is 21.1. The zero-order valence-corrected chi connectivity index (χ0v) is 19.3. The van der Waals surface area contributed by atoms with Crippen molar-refractivity contribution in [1.29, 1.82) is 0 Å². The van der Waals surface area contributed by atoms with E-state index in [9.17, 15) is 9.59 Å². The number of rotatable bonds is 6. The van der Waals surface area contributed by atoms with Crippen LogP contribution in [0.3, 0.4) is 0 Å². The summed E-state index contributed by atoms with van der Waals surface area (Å²) in [4.78, 5) is 24.9. The van der Waals surface area contributed by atoms with Crippen molar-refractivity contribution in [2.24, 2.45) is 11.8 Å². The average molecular weight is 532 g/mol. The lowest BCUT2D eigenvalue weighted by atomic mass is 10.1. The smallest absolute Gasteiger partial charge is 0.323 e. The number of esters is 1. The molecule has 30 heavy (non-hydrogen) atoms. The Morgan fingerprint density at radius 3 is 2.27 bits per heavy atom. The van der Waals surface area contributed by atoms with Crippen molar-refractivity contribution in [3.05, 3.63) is 80.2 Å². The molecule has 1 aliphatic carbocycles. The van der Waals surface area contributed by atoms with E-state index in [4.69, 9.17) is 10.3 Å². The number of ketones is 1. The van der Waals surface area contributed by atoms with E-state index in [1.54, 1.807) is 0 Å². The number of fused-ring (bicyclic) bond motifs is 1. The first-order valence-electron chi connectivity index (χ1n) is 9.54. The first-order valence-corrected chi connectivity index (χ1v) is 11.1. The SMILES string of the molecule is O=C1OCC2C1C2c1ccc(Br)cc1.[N-]=[N+]=CC(=O)CC/C=C/c1ccc(Br)cc1. The van der Waals surface area contributed by atoms with Crippen LogP contribution in [0.25, 0.3) is 11.6 Å². The van der Waals surface area contributed by atoms with E-state index in [1.807, 2.05) is 48.6 Å². The highest BCUT2D eigenvalue weighted by Crippen LogP contribution is 2.58.